The second kappa shape index (κ2) is 5.39. The highest BCUT2D eigenvalue weighted by molar-refractivity contribution is 9.11. The summed E-state index contributed by atoms with van der Waals surface area (Å²) in [6, 6.07) is 2.01. The summed E-state index contributed by atoms with van der Waals surface area (Å²) in [6.45, 7) is 0.603. The molecule has 2 N–H and O–H groups in total. The topological polar surface area (TPSA) is 76.3 Å². The number of nitrogen functional groups attached to an aromatic ring is 1. The van der Waals surface area contributed by atoms with Crippen LogP contribution in [0.15, 0.2) is 20.1 Å². The lowest BCUT2D eigenvalue weighted by Crippen LogP contribution is -2.17. The van der Waals surface area contributed by atoms with E-state index in [1.807, 2.05) is 23.4 Å². The Morgan fingerprint density at radius 3 is 2.74 bits per heavy atom. The van der Waals surface area contributed by atoms with Gasteiger partial charge in [0.2, 0.25) is 0 Å². The molecule has 0 bridgehead atoms. The van der Waals surface area contributed by atoms with Crippen LogP contribution in [0.3, 0.4) is 0 Å². The standard InChI is InChI=1S/C10H12BrN3O2S3/c1-14(4-6-3-7(11)17-5-6)10-8(19(2,15)16)9(12)13-18-10/h3,5H,4H2,1-2H3,(H2,12,13). The van der Waals surface area contributed by atoms with Crippen LogP contribution in [0.1, 0.15) is 5.56 Å². The third-order valence-electron chi connectivity index (χ3n) is 2.42. The molecule has 104 valence electrons. The van der Waals surface area contributed by atoms with Gasteiger partial charge in [-0.1, -0.05) is 0 Å². The highest BCUT2D eigenvalue weighted by Crippen LogP contribution is 2.35. The molecule has 0 aliphatic carbocycles. The minimum Gasteiger partial charge on any atom is -0.382 e. The Bertz CT molecular complexity index is 693. The molecule has 0 amide bonds. The van der Waals surface area contributed by atoms with E-state index >= 15 is 0 Å². The first-order valence-corrected chi connectivity index (χ1v) is 9.52. The predicted octanol–water partition coefficient (Wildman–Crippen LogP) is 2.59. The van der Waals surface area contributed by atoms with Gasteiger partial charge in [0, 0.05) is 19.8 Å². The van der Waals surface area contributed by atoms with E-state index in [2.05, 4.69) is 20.3 Å². The predicted molar refractivity (Wildman–Crippen MR) is 83.8 cm³/mol. The minimum atomic E-state index is -3.38. The van der Waals surface area contributed by atoms with Gasteiger partial charge in [0.1, 0.15) is 9.90 Å². The van der Waals surface area contributed by atoms with Crippen LogP contribution in [0.25, 0.3) is 0 Å². The number of thiophene rings is 1. The van der Waals surface area contributed by atoms with Crippen molar-refractivity contribution in [3.05, 3.63) is 20.8 Å². The quantitative estimate of drug-likeness (QED) is 0.880. The maximum atomic E-state index is 11.8. The molecule has 0 atom stereocenters. The zero-order chi connectivity index (χ0) is 14.2. The molecule has 0 aliphatic rings. The Balaban J connectivity index is 2.32. The largest absolute Gasteiger partial charge is 0.382 e. The molecule has 2 rings (SSSR count). The fourth-order valence-electron chi connectivity index (χ4n) is 1.65. The van der Waals surface area contributed by atoms with Crippen LogP contribution in [0, 0.1) is 0 Å². The van der Waals surface area contributed by atoms with Crippen LogP contribution >= 0.6 is 38.8 Å². The van der Waals surface area contributed by atoms with Crippen molar-refractivity contribution in [2.45, 2.75) is 11.4 Å². The lowest BCUT2D eigenvalue weighted by atomic mass is 10.3. The number of halogens is 1. The molecule has 9 heteroatoms. The van der Waals surface area contributed by atoms with Crippen molar-refractivity contribution in [3.8, 4) is 0 Å². The van der Waals surface area contributed by atoms with Gasteiger partial charge < -0.3 is 10.6 Å². The smallest absolute Gasteiger partial charge is 0.182 e. The molecule has 5 nitrogen and oxygen atoms in total. The monoisotopic (exact) mass is 381 g/mol. The van der Waals surface area contributed by atoms with Crippen LogP contribution in [0.2, 0.25) is 0 Å². The van der Waals surface area contributed by atoms with E-state index in [1.54, 1.807) is 11.3 Å². The number of hydrogen-bond acceptors (Lipinski definition) is 7. The van der Waals surface area contributed by atoms with Gasteiger partial charge in [0.05, 0.1) is 3.79 Å². The molecular weight excluding hydrogens is 370 g/mol. The number of rotatable bonds is 4. The third kappa shape index (κ3) is 3.28. The minimum absolute atomic E-state index is 0.0702. The fraction of sp³-hybridized carbons (Fsp3) is 0.300. The summed E-state index contributed by atoms with van der Waals surface area (Å²) in [4.78, 5) is 1.97. The van der Waals surface area contributed by atoms with Crippen LogP contribution in [-0.2, 0) is 16.4 Å². The molecule has 0 saturated heterocycles. The number of hydrogen-bond donors (Lipinski definition) is 1. The van der Waals surface area contributed by atoms with Crippen molar-refractivity contribution in [1.82, 2.24) is 4.37 Å². The zero-order valence-electron chi connectivity index (χ0n) is 10.3. The van der Waals surface area contributed by atoms with Crippen molar-refractivity contribution in [2.75, 3.05) is 23.9 Å². The Morgan fingerprint density at radius 2 is 2.21 bits per heavy atom. The van der Waals surface area contributed by atoms with Crippen molar-refractivity contribution in [1.29, 1.82) is 0 Å². The van der Waals surface area contributed by atoms with E-state index in [0.717, 1.165) is 27.1 Å². The summed E-state index contributed by atoms with van der Waals surface area (Å²) in [6.07, 6.45) is 1.14. The van der Waals surface area contributed by atoms with Crippen LogP contribution < -0.4 is 10.6 Å². The Morgan fingerprint density at radius 1 is 1.53 bits per heavy atom. The Hall–Kier alpha value is -0.640. The number of sulfone groups is 1. The Labute approximate surface area is 128 Å². The molecular formula is C10H12BrN3O2S3. The van der Waals surface area contributed by atoms with Crippen molar-refractivity contribution in [3.63, 3.8) is 0 Å². The Kier molecular flexibility index (Phi) is 4.19. The van der Waals surface area contributed by atoms with Gasteiger partial charge in [-0.25, -0.2) is 8.42 Å². The lowest BCUT2D eigenvalue weighted by molar-refractivity contribution is 0.602. The number of aromatic nitrogens is 1. The van der Waals surface area contributed by atoms with Gasteiger partial charge in [0.15, 0.2) is 15.7 Å². The van der Waals surface area contributed by atoms with Gasteiger partial charge >= 0.3 is 0 Å². The normalized spacial score (nSPS) is 11.7. The summed E-state index contributed by atoms with van der Waals surface area (Å²) in [5.41, 5.74) is 6.75. The maximum absolute atomic E-state index is 11.8. The van der Waals surface area contributed by atoms with Crippen molar-refractivity contribution >= 4 is 59.5 Å². The average Bonchev–Trinajstić information content (AvgIpc) is 2.84. The highest BCUT2D eigenvalue weighted by atomic mass is 79.9. The molecule has 19 heavy (non-hydrogen) atoms. The van der Waals surface area contributed by atoms with Crippen molar-refractivity contribution in [2.24, 2.45) is 0 Å². The molecule has 0 unspecified atom stereocenters. The molecule has 2 aromatic heterocycles. The highest BCUT2D eigenvalue weighted by Gasteiger charge is 2.23. The SMILES string of the molecule is CN(Cc1csc(Br)c1)c1snc(N)c1S(C)(=O)=O. The van der Waals surface area contributed by atoms with E-state index in [1.165, 1.54) is 0 Å². The molecule has 2 aromatic rings. The van der Waals surface area contributed by atoms with Gasteiger partial charge in [-0.05, 0) is 44.5 Å². The summed E-state index contributed by atoms with van der Waals surface area (Å²) in [5.74, 6) is 0.0702. The van der Waals surface area contributed by atoms with Crippen molar-refractivity contribution < 1.29 is 8.42 Å². The summed E-state index contributed by atoms with van der Waals surface area (Å²) in [5, 5.41) is 2.59. The van der Waals surface area contributed by atoms with E-state index in [9.17, 15) is 8.42 Å². The average molecular weight is 382 g/mol. The second-order valence-corrected chi connectivity index (χ2v) is 9.08. The number of nitrogens with zero attached hydrogens (tertiary/aromatic N) is 2. The van der Waals surface area contributed by atoms with E-state index in [0.29, 0.717) is 11.5 Å². The van der Waals surface area contributed by atoms with Gasteiger partial charge in [-0.2, -0.15) is 4.37 Å². The third-order valence-corrected chi connectivity index (χ3v) is 6.22. The van der Waals surface area contributed by atoms with Crippen LogP contribution in [0.5, 0.6) is 0 Å². The molecule has 0 radical (unpaired) electrons. The summed E-state index contributed by atoms with van der Waals surface area (Å²) in [7, 11) is -1.55. The molecule has 0 aliphatic heterocycles. The fourth-order valence-corrected chi connectivity index (χ4v) is 5.04. The molecule has 0 fully saturated rings. The first kappa shape index (κ1) is 14.8. The number of anilines is 2. The van der Waals surface area contributed by atoms with Gasteiger partial charge in [-0.3, -0.25) is 0 Å². The molecule has 0 aromatic carbocycles. The number of nitrogens with two attached hydrogens (primary N) is 1. The first-order chi connectivity index (χ1) is 8.79. The van der Waals surface area contributed by atoms with Gasteiger partial charge in [-0.15, -0.1) is 11.3 Å². The molecule has 0 saturated carbocycles. The molecule has 2 heterocycles. The first-order valence-electron chi connectivity index (χ1n) is 5.18. The van der Waals surface area contributed by atoms with Crippen LogP contribution in [0.4, 0.5) is 10.8 Å². The zero-order valence-corrected chi connectivity index (χ0v) is 14.3. The summed E-state index contributed by atoms with van der Waals surface area (Å²) >= 11 is 6.10. The molecule has 0 spiro atoms. The van der Waals surface area contributed by atoms with Crippen LogP contribution in [-0.4, -0.2) is 26.1 Å². The summed E-state index contributed by atoms with van der Waals surface area (Å²) < 4.78 is 28.5. The second-order valence-electron chi connectivity index (χ2n) is 4.09. The van der Waals surface area contributed by atoms with Gasteiger partial charge in [0.25, 0.3) is 0 Å². The van der Waals surface area contributed by atoms with E-state index in [4.69, 9.17) is 5.73 Å². The lowest BCUT2D eigenvalue weighted by Gasteiger charge is -2.17. The van der Waals surface area contributed by atoms with E-state index < -0.39 is 9.84 Å². The maximum Gasteiger partial charge on any atom is 0.182 e. The van der Waals surface area contributed by atoms with E-state index in [-0.39, 0.29) is 10.7 Å².